The van der Waals surface area contributed by atoms with Gasteiger partial charge in [0.1, 0.15) is 0 Å². The summed E-state index contributed by atoms with van der Waals surface area (Å²) >= 11 is 0. The minimum Gasteiger partial charge on any atom is -0.383 e. The summed E-state index contributed by atoms with van der Waals surface area (Å²) in [5, 5.41) is 3.26. The third-order valence-corrected chi connectivity index (χ3v) is 2.56. The van der Waals surface area contributed by atoms with E-state index in [1.54, 1.807) is 7.11 Å². The van der Waals surface area contributed by atoms with Crippen LogP contribution in [0.5, 0.6) is 0 Å². The van der Waals surface area contributed by atoms with Crippen LogP contribution in [-0.4, -0.2) is 55.4 Å². The van der Waals surface area contributed by atoms with Gasteiger partial charge in [-0.15, -0.1) is 0 Å². The standard InChI is InChI=1S/C12H24N4O/c1-15(2)8-4-5-9-16-10-6-13-12(16)14-7-11-17-3/h6,10H,4-5,7-9,11H2,1-3H3,(H,13,14). The van der Waals surface area contributed by atoms with Crippen molar-refractivity contribution in [3.63, 3.8) is 0 Å². The predicted molar refractivity (Wildman–Crippen MR) is 70.4 cm³/mol. The molecule has 0 spiro atoms. The molecule has 0 fully saturated rings. The van der Waals surface area contributed by atoms with Gasteiger partial charge in [0, 0.05) is 32.6 Å². The van der Waals surface area contributed by atoms with Gasteiger partial charge in [0.05, 0.1) is 6.61 Å². The van der Waals surface area contributed by atoms with E-state index >= 15 is 0 Å². The monoisotopic (exact) mass is 240 g/mol. The van der Waals surface area contributed by atoms with Gasteiger partial charge in [-0.3, -0.25) is 0 Å². The molecule has 1 aromatic rings. The molecule has 0 atom stereocenters. The molecular weight excluding hydrogens is 216 g/mol. The van der Waals surface area contributed by atoms with Gasteiger partial charge in [0.15, 0.2) is 0 Å². The summed E-state index contributed by atoms with van der Waals surface area (Å²) in [4.78, 5) is 6.50. The Morgan fingerprint density at radius 2 is 2.24 bits per heavy atom. The molecule has 0 aromatic carbocycles. The number of hydrogen-bond donors (Lipinski definition) is 1. The zero-order valence-corrected chi connectivity index (χ0v) is 11.1. The third kappa shape index (κ3) is 5.70. The molecule has 0 amide bonds. The second-order valence-corrected chi connectivity index (χ2v) is 4.37. The van der Waals surface area contributed by atoms with E-state index < -0.39 is 0 Å². The fourth-order valence-corrected chi connectivity index (χ4v) is 1.63. The first-order valence-electron chi connectivity index (χ1n) is 6.12. The van der Waals surface area contributed by atoms with Crippen molar-refractivity contribution in [2.75, 3.05) is 46.2 Å². The molecule has 0 aliphatic heterocycles. The molecule has 0 unspecified atom stereocenters. The minimum absolute atomic E-state index is 0.702. The van der Waals surface area contributed by atoms with Gasteiger partial charge in [0.25, 0.3) is 0 Å². The lowest BCUT2D eigenvalue weighted by molar-refractivity contribution is 0.210. The number of aryl methyl sites for hydroxylation is 1. The normalized spacial score (nSPS) is 11.1. The third-order valence-electron chi connectivity index (χ3n) is 2.56. The molecule has 1 heterocycles. The maximum Gasteiger partial charge on any atom is 0.202 e. The molecule has 1 aromatic heterocycles. The molecule has 0 aliphatic rings. The zero-order chi connectivity index (χ0) is 12.5. The molecular formula is C12H24N4O. The Labute approximate surface area is 104 Å². The Balaban J connectivity index is 2.25. The summed E-state index contributed by atoms with van der Waals surface area (Å²) < 4.78 is 7.16. The van der Waals surface area contributed by atoms with Gasteiger partial charge in [-0.25, -0.2) is 4.98 Å². The van der Waals surface area contributed by atoms with Crippen molar-refractivity contribution in [3.8, 4) is 0 Å². The Morgan fingerprint density at radius 1 is 1.41 bits per heavy atom. The van der Waals surface area contributed by atoms with Crippen LogP contribution in [0.1, 0.15) is 12.8 Å². The molecule has 1 rings (SSSR count). The van der Waals surface area contributed by atoms with Crippen LogP contribution in [0, 0.1) is 0 Å². The summed E-state index contributed by atoms with van der Waals surface area (Å²) in [5.41, 5.74) is 0. The topological polar surface area (TPSA) is 42.3 Å². The van der Waals surface area contributed by atoms with E-state index in [1.807, 2.05) is 12.4 Å². The highest BCUT2D eigenvalue weighted by molar-refractivity contribution is 5.25. The van der Waals surface area contributed by atoms with Gasteiger partial charge in [0.2, 0.25) is 5.95 Å². The van der Waals surface area contributed by atoms with Gasteiger partial charge in [-0.1, -0.05) is 0 Å². The molecule has 98 valence electrons. The number of aromatic nitrogens is 2. The Kier molecular flexibility index (Phi) is 6.65. The summed E-state index contributed by atoms with van der Waals surface area (Å²) in [5.74, 6) is 0.937. The van der Waals surface area contributed by atoms with Crippen molar-refractivity contribution in [1.82, 2.24) is 14.5 Å². The van der Waals surface area contributed by atoms with Crippen molar-refractivity contribution in [1.29, 1.82) is 0 Å². The number of unbranched alkanes of at least 4 members (excludes halogenated alkanes) is 1. The van der Waals surface area contributed by atoms with Gasteiger partial charge in [-0.05, 0) is 33.5 Å². The first-order chi connectivity index (χ1) is 8.24. The van der Waals surface area contributed by atoms with E-state index in [0.29, 0.717) is 6.61 Å². The molecule has 0 saturated carbocycles. The summed E-state index contributed by atoms with van der Waals surface area (Å²) in [6.45, 7) is 3.66. The van der Waals surface area contributed by atoms with Crippen LogP contribution in [0.4, 0.5) is 5.95 Å². The number of imidazole rings is 1. The van der Waals surface area contributed by atoms with Crippen LogP contribution in [0.25, 0.3) is 0 Å². The average Bonchev–Trinajstić information content (AvgIpc) is 2.72. The van der Waals surface area contributed by atoms with E-state index in [0.717, 1.165) is 25.6 Å². The number of hydrogen-bond acceptors (Lipinski definition) is 4. The molecule has 17 heavy (non-hydrogen) atoms. The van der Waals surface area contributed by atoms with E-state index in [9.17, 15) is 0 Å². The van der Waals surface area contributed by atoms with Gasteiger partial charge < -0.3 is 19.5 Å². The smallest absolute Gasteiger partial charge is 0.202 e. The number of nitrogens with zero attached hydrogens (tertiary/aromatic N) is 3. The van der Waals surface area contributed by atoms with Gasteiger partial charge >= 0.3 is 0 Å². The van der Waals surface area contributed by atoms with Crippen molar-refractivity contribution in [2.24, 2.45) is 0 Å². The number of nitrogens with one attached hydrogen (secondary N) is 1. The SMILES string of the molecule is COCCNc1nccn1CCCCN(C)C. The lowest BCUT2D eigenvalue weighted by atomic mass is 10.3. The maximum absolute atomic E-state index is 5.00. The molecule has 0 saturated heterocycles. The summed E-state index contributed by atoms with van der Waals surface area (Å²) in [7, 11) is 5.92. The predicted octanol–water partition coefficient (Wildman–Crippen LogP) is 1.28. The zero-order valence-electron chi connectivity index (χ0n) is 11.1. The molecule has 5 nitrogen and oxygen atoms in total. The highest BCUT2D eigenvalue weighted by Gasteiger charge is 2.01. The van der Waals surface area contributed by atoms with Gasteiger partial charge in [-0.2, -0.15) is 0 Å². The van der Waals surface area contributed by atoms with E-state index in [1.165, 1.54) is 12.8 Å². The van der Waals surface area contributed by atoms with E-state index in [4.69, 9.17) is 4.74 Å². The largest absolute Gasteiger partial charge is 0.383 e. The first kappa shape index (κ1) is 14.0. The Hall–Kier alpha value is -1.07. The van der Waals surface area contributed by atoms with Crippen molar-refractivity contribution < 1.29 is 4.74 Å². The van der Waals surface area contributed by atoms with Crippen LogP contribution in [0.3, 0.4) is 0 Å². The first-order valence-corrected chi connectivity index (χ1v) is 6.12. The molecule has 0 radical (unpaired) electrons. The minimum atomic E-state index is 0.702. The average molecular weight is 240 g/mol. The van der Waals surface area contributed by atoms with Crippen LogP contribution in [0.15, 0.2) is 12.4 Å². The fraction of sp³-hybridized carbons (Fsp3) is 0.750. The number of ether oxygens (including phenoxy) is 1. The van der Waals surface area contributed by atoms with Crippen LogP contribution >= 0.6 is 0 Å². The van der Waals surface area contributed by atoms with E-state index in [2.05, 4.69) is 33.9 Å². The van der Waals surface area contributed by atoms with Crippen molar-refractivity contribution in [3.05, 3.63) is 12.4 Å². The molecule has 0 aliphatic carbocycles. The number of rotatable bonds is 9. The highest BCUT2D eigenvalue weighted by atomic mass is 16.5. The van der Waals surface area contributed by atoms with E-state index in [-0.39, 0.29) is 0 Å². The lowest BCUT2D eigenvalue weighted by Gasteiger charge is -2.11. The fourth-order valence-electron chi connectivity index (χ4n) is 1.63. The highest BCUT2D eigenvalue weighted by Crippen LogP contribution is 2.06. The molecule has 1 N–H and O–H groups in total. The summed E-state index contributed by atoms with van der Waals surface area (Å²) in [6, 6.07) is 0. The second kappa shape index (κ2) is 8.08. The Bertz CT molecular complexity index is 298. The van der Waals surface area contributed by atoms with Crippen LogP contribution in [0.2, 0.25) is 0 Å². The molecule has 5 heteroatoms. The van der Waals surface area contributed by atoms with Crippen molar-refractivity contribution in [2.45, 2.75) is 19.4 Å². The number of methoxy groups -OCH3 is 1. The maximum atomic E-state index is 5.00. The van der Waals surface area contributed by atoms with Crippen LogP contribution in [-0.2, 0) is 11.3 Å². The van der Waals surface area contributed by atoms with Crippen molar-refractivity contribution >= 4 is 5.95 Å². The van der Waals surface area contributed by atoms with Crippen LogP contribution < -0.4 is 5.32 Å². The Morgan fingerprint density at radius 3 is 2.94 bits per heavy atom. The lowest BCUT2D eigenvalue weighted by Crippen LogP contribution is -2.15. The molecule has 0 bridgehead atoms. The number of anilines is 1. The second-order valence-electron chi connectivity index (χ2n) is 4.37. The quantitative estimate of drug-likeness (QED) is 0.660. The summed E-state index contributed by atoms with van der Waals surface area (Å²) in [6.07, 6.45) is 6.24.